The fourth-order valence-corrected chi connectivity index (χ4v) is 3.48. The van der Waals surface area contributed by atoms with Crippen LogP contribution < -0.4 is 27.7 Å². The van der Waals surface area contributed by atoms with Gasteiger partial charge in [0.05, 0.1) is 6.54 Å². The Hall–Kier alpha value is -3.43. The number of carbonyl (C=O) groups is 2. The van der Waals surface area contributed by atoms with Crippen molar-refractivity contribution in [3.05, 3.63) is 59.7 Å². The summed E-state index contributed by atoms with van der Waals surface area (Å²) in [4.78, 5) is 23.8. The summed E-state index contributed by atoms with van der Waals surface area (Å²) in [7, 11) is 0. The van der Waals surface area contributed by atoms with E-state index in [-0.39, 0.29) is 18.4 Å². The minimum absolute atomic E-state index is 0.105. The first-order valence-electron chi connectivity index (χ1n) is 9.09. The molecular weight excluding hydrogens is 372 g/mol. The van der Waals surface area contributed by atoms with Crippen LogP contribution in [0.2, 0.25) is 0 Å². The smallest absolute Gasteiger partial charge is 0.317 e. The van der Waals surface area contributed by atoms with E-state index in [1.54, 1.807) is 0 Å². The minimum atomic E-state index is -1.07. The maximum atomic E-state index is 12.8. The fourth-order valence-electron chi connectivity index (χ4n) is 3.48. The maximum Gasteiger partial charge on any atom is 0.317 e. The Labute approximate surface area is 168 Å². The Morgan fingerprint density at radius 1 is 1.21 bits per heavy atom. The van der Waals surface area contributed by atoms with Crippen molar-refractivity contribution in [3.63, 3.8) is 0 Å². The number of carboxylic acids is 1. The number of carbonyl (C=O) groups excluding carboxylic acids is 1. The Balaban J connectivity index is 1.81. The monoisotopic (exact) mass is 396 g/mol. The van der Waals surface area contributed by atoms with Crippen molar-refractivity contribution in [1.29, 1.82) is 0 Å². The van der Waals surface area contributed by atoms with Crippen LogP contribution in [-0.4, -0.2) is 35.0 Å². The SMILES string of the molecule is Cc1cccc(-c2ccc(C3CC3(NCC(=O)O)C(=O)N/C(=N/N)NN)cc2)c1. The summed E-state index contributed by atoms with van der Waals surface area (Å²) in [6.45, 7) is 1.69. The fraction of sp³-hybridized carbons (Fsp3) is 0.250. The van der Waals surface area contributed by atoms with Gasteiger partial charge in [-0.15, -0.1) is 5.10 Å². The molecule has 0 aliphatic heterocycles. The zero-order valence-electron chi connectivity index (χ0n) is 16.0. The number of carboxylic acid groups (broad SMARTS) is 1. The summed E-state index contributed by atoms with van der Waals surface area (Å²) in [6, 6.07) is 16.1. The molecule has 1 amide bonds. The minimum Gasteiger partial charge on any atom is -0.480 e. The zero-order valence-corrected chi connectivity index (χ0v) is 16.0. The number of nitrogens with zero attached hydrogens (tertiary/aromatic N) is 1. The van der Waals surface area contributed by atoms with Crippen LogP contribution in [0.3, 0.4) is 0 Å². The van der Waals surface area contributed by atoms with Crippen molar-refractivity contribution in [3.8, 4) is 11.1 Å². The van der Waals surface area contributed by atoms with Gasteiger partial charge in [-0.3, -0.25) is 25.6 Å². The Kier molecular flexibility index (Phi) is 5.81. The van der Waals surface area contributed by atoms with Crippen molar-refractivity contribution >= 4 is 17.8 Å². The number of hydrogen-bond acceptors (Lipinski definition) is 6. The van der Waals surface area contributed by atoms with Crippen molar-refractivity contribution in [2.24, 2.45) is 16.8 Å². The lowest BCUT2D eigenvalue weighted by atomic mass is 9.99. The molecule has 2 unspecified atom stereocenters. The first-order chi connectivity index (χ1) is 13.9. The van der Waals surface area contributed by atoms with E-state index in [0.717, 1.165) is 16.7 Å². The Morgan fingerprint density at radius 3 is 2.52 bits per heavy atom. The highest BCUT2D eigenvalue weighted by Crippen LogP contribution is 2.51. The molecule has 29 heavy (non-hydrogen) atoms. The molecule has 9 nitrogen and oxygen atoms in total. The molecule has 0 radical (unpaired) electrons. The summed E-state index contributed by atoms with van der Waals surface area (Å²) in [5.41, 5.74) is 5.39. The van der Waals surface area contributed by atoms with Gasteiger partial charge in [0.15, 0.2) is 0 Å². The van der Waals surface area contributed by atoms with Crippen LogP contribution in [-0.2, 0) is 9.59 Å². The van der Waals surface area contributed by atoms with E-state index in [9.17, 15) is 9.59 Å². The second kappa shape index (κ2) is 8.29. The van der Waals surface area contributed by atoms with Crippen molar-refractivity contribution in [2.75, 3.05) is 6.54 Å². The van der Waals surface area contributed by atoms with Crippen LogP contribution in [0.25, 0.3) is 11.1 Å². The number of guanidine groups is 1. The summed E-state index contributed by atoms with van der Waals surface area (Å²) in [5.74, 6) is 8.62. The van der Waals surface area contributed by atoms with Crippen molar-refractivity contribution in [1.82, 2.24) is 16.1 Å². The van der Waals surface area contributed by atoms with E-state index in [0.29, 0.717) is 6.42 Å². The third kappa shape index (κ3) is 4.36. The van der Waals surface area contributed by atoms with E-state index < -0.39 is 17.4 Å². The second-order valence-electron chi connectivity index (χ2n) is 7.04. The lowest BCUT2D eigenvalue weighted by molar-refractivity contribution is -0.136. The topological polar surface area (TPSA) is 155 Å². The predicted octanol–water partition coefficient (Wildman–Crippen LogP) is 0.372. The average Bonchev–Trinajstić information content (AvgIpc) is 3.46. The van der Waals surface area contributed by atoms with Crippen molar-refractivity contribution in [2.45, 2.75) is 24.8 Å². The molecule has 0 bridgehead atoms. The van der Waals surface area contributed by atoms with Crippen LogP contribution in [0.1, 0.15) is 23.5 Å². The summed E-state index contributed by atoms with van der Waals surface area (Å²) in [6.07, 6.45) is 0.443. The summed E-state index contributed by atoms with van der Waals surface area (Å²) >= 11 is 0. The molecule has 1 aliphatic carbocycles. The maximum absolute atomic E-state index is 12.8. The van der Waals surface area contributed by atoms with Crippen LogP contribution >= 0.6 is 0 Å². The van der Waals surface area contributed by atoms with E-state index in [4.69, 9.17) is 16.8 Å². The number of hydrazone groups is 1. The van der Waals surface area contributed by atoms with Crippen molar-refractivity contribution < 1.29 is 14.7 Å². The van der Waals surface area contributed by atoms with Gasteiger partial charge in [0.2, 0.25) is 11.9 Å². The van der Waals surface area contributed by atoms with Crippen LogP contribution in [0.4, 0.5) is 0 Å². The molecule has 8 N–H and O–H groups in total. The molecule has 9 heteroatoms. The molecule has 0 aromatic heterocycles. The lowest BCUT2D eigenvalue weighted by Gasteiger charge is -2.19. The quantitative estimate of drug-likeness (QED) is 0.178. The summed E-state index contributed by atoms with van der Waals surface area (Å²) < 4.78 is 0. The number of rotatable bonds is 6. The number of nitrogens with one attached hydrogen (secondary N) is 3. The number of hydrazine groups is 1. The molecule has 1 aliphatic rings. The van der Waals surface area contributed by atoms with E-state index >= 15 is 0 Å². The van der Waals surface area contributed by atoms with Gasteiger partial charge in [0.1, 0.15) is 5.54 Å². The molecule has 0 spiro atoms. The lowest BCUT2D eigenvalue weighted by Crippen LogP contribution is -2.54. The first kappa shape index (κ1) is 20.3. The van der Waals surface area contributed by atoms with Gasteiger partial charge in [-0.1, -0.05) is 54.1 Å². The normalized spacial score (nSPS) is 20.8. The standard InChI is InChI=1S/C20H24N6O3/c1-12-3-2-4-15(9-12)13-5-7-14(8-6-13)16-10-20(16,23-11-17(27)28)18(29)24-19(25-21)26-22/h2-9,16,23H,10-11,21-22H2,1H3,(H,27,28)(H2,24,25,26,29). The third-order valence-electron chi connectivity index (χ3n) is 5.08. The molecule has 0 saturated heterocycles. The van der Waals surface area contributed by atoms with Crippen LogP contribution in [0, 0.1) is 6.92 Å². The number of nitrogens with two attached hydrogens (primary N) is 2. The van der Waals surface area contributed by atoms with Gasteiger partial charge in [0, 0.05) is 5.92 Å². The first-order valence-corrected chi connectivity index (χ1v) is 9.09. The highest BCUT2D eigenvalue weighted by molar-refractivity contribution is 6.03. The molecule has 2 aromatic carbocycles. The Bertz CT molecular complexity index is 943. The highest BCUT2D eigenvalue weighted by Gasteiger charge is 2.60. The number of amides is 1. The number of hydrogen-bond donors (Lipinski definition) is 6. The molecular formula is C20H24N6O3. The third-order valence-corrected chi connectivity index (χ3v) is 5.08. The predicted molar refractivity (Wildman–Crippen MR) is 109 cm³/mol. The second-order valence-corrected chi connectivity index (χ2v) is 7.04. The van der Waals surface area contributed by atoms with Crippen LogP contribution in [0.5, 0.6) is 0 Å². The van der Waals surface area contributed by atoms with Gasteiger partial charge in [0.25, 0.3) is 0 Å². The average molecular weight is 396 g/mol. The highest BCUT2D eigenvalue weighted by atomic mass is 16.4. The number of aliphatic carboxylic acids is 1. The molecule has 0 heterocycles. The van der Waals surface area contributed by atoms with E-state index in [2.05, 4.69) is 27.2 Å². The van der Waals surface area contributed by atoms with Gasteiger partial charge in [-0.25, -0.2) is 5.84 Å². The Morgan fingerprint density at radius 2 is 1.93 bits per heavy atom. The molecule has 3 rings (SSSR count). The van der Waals surface area contributed by atoms with Gasteiger partial charge >= 0.3 is 5.97 Å². The molecule has 2 aromatic rings. The van der Waals surface area contributed by atoms with E-state index in [1.165, 1.54) is 5.56 Å². The number of benzene rings is 2. The molecule has 1 saturated carbocycles. The number of aryl methyl sites for hydroxylation is 1. The van der Waals surface area contributed by atoms with Crippen LogP contribution in [0.15, 0.2) is 53.6 Å². The van der Waals surface area contributed by atoms with Gasteiger partial charge in [-0.2, -0.15) is 0 Å². The van der Waals surface area contributed by atoms with Gasteiger partial charge < -0.3 is 10.9 Å². The molecule has 1 fully saturated rings. The van der Waals surface area contributed by atoms with Gasteiger partial charge in [-0.05, 0) is 30.0 Å². The molecule has 152 valence electrons. The zero-order chi connectivity index (χ0) is 21.0. The van der Waals surface area contributed by atoms with E-state index in [1.807, 2.05) is 49.4 Å². The summed E-state index contributed by atoms with van der Waals surface area (Å²) in [5, 5.41) is 17.7. The molecule has 2 atom stereocenters. The largest absolute Gasteiger partial charge is 0.480 e.